The van der Waals surface area contributed by atoms with Crippen molar-refractivity contribution in [1.82, 2.24) is 10.2 Å². The SMILES string of the molecule is COc1ccc(C(=O)NCC2CCN(CC(F)(F)F)CC2)cc1F. The van der Waals surface area contributed by atoms with E-state index in [1.54, 1.807) is 0 Å². The van der Waals surface area contributed by atoms with Gasteiger partial charge >= 0.3 is 6.18 Å². The zero-order valence-corrected chi connectivity index (χ0v) is 13.3. The average molecular weight is 348 g/mol. The van der Waals surface area contributed by atoms with E-state index in [1.165, 1.54) is 24.1 Å². The predicted molar refractivity (Wildman–Crippen MR) is 80.5 cm³/mol. The van der Waals surface area contributed by atoms with Crippen LogP contribution in [0.25, 0.3) is 0 Å². The average Bonchev–Trinajstić information content (AvgIpc) is 2.52. The number of nitrogens with zero attached hydrogens (tertiary/aromatic N) is 1. The summed E-state index contributed by atoms with van der Waals surface area (Å²) in [5, 5.41) is 2.71. The summed E-state index contributed by atoms with van der Waals surface area (Å²) in [6, 6.07) is 3.93. The fourth-order valence-electron chi connectivity index (χ4n) is 2.75. The molecule has 24 heavy (non-hydrogen) atoms. The molecule has 1 heterocycles. The van der Waals surface area contributed by atoms with Crippen molar-refractivity contribution in [2.75, 3.05) is 33.3 Å². The molecule has 0 spiro atoms. The Hall–Kier alpha value is -1.83. The van der Waals surface area contributed by atoms with Crippen molar-refractivity contribution in [2.24, 2.45) is 5.92 Å². The van der Waals surface area contributed by atoms with Crippen LogP contribution in [0.5, 0.6) is 5.75 Å². The lowest BCUT2D eigenvalue weighted by Crippen LogP contribution is -2.42. The molecule has 0 aliphatic carbocycles. The maximum Gasteiger partial charge on any atom is 0.401 e. The molecule has 0 aromatic heterocycles. The Bertz CT molecular complexity index is 570. The van der Waals surface area contributed by atoms with Crippen LogP contribution in [-0.2, 0) is 0 Å². The summed E-state index contributed by atoms with van der Waals surface area (Å²) in [5.74, 6) is -0.843. The quantitative estimate of drug-likeness (QED) is 0.832. The number of benzene rings is 1. The molecule has 1 aliphatic heterocycles. The number of halogens is 4. The van der Waals surface area contributed by atoms with Crippen LogP contribution in [-0.4, -0.2) is 50.3 Å². The van der Waals surface area contributed by atoms with E-state index in [0.717, 1.165) is 6.07 Å². The third-order valence-electron chi connectivity index (χ3n) is 4.08. The molecule has 1 saturated heterocycles. The molecule has 1 amide bonds. The van der Waals surface area contributed by atoms with E-state index in [0.29, 0.717) is 32.5 Å². The lowest BCUT2D eigenvalue weighted by molar-refractivity contribution is -0.148. The summed E-state index contributed by atoms with van der Waals surface area (Å²) in [6.45, 7) is 0.192. The van der Waals surface area contributed by atoms with E-state index in [1.807, 2.05) is 0 Å². The predicted octanol–water partition coefficient (Wildman–Crippen LogP) is 2.84. The van der Waals surface area contributed by atoms with Gasteiger partial charge in [0.2, 0.25) is 0 Å². The molecule has 1 N–H and O–H groups in total. The minimum atomic E-state index is -4.18. The van der Waals surface area contributed by atoms with Crippen molar-refractivity contribution < 1.29 is 27.1 Å². The van der Waals surface area contributed by atoms with Gasteiger partial charge in [0.15, 0.2) is 11.6 Å². The van der Waals surface area contributed by atoms with Gasteiger partial charge in [-0.25, -0.2) is 4.39 Å². The molecule has 0 saturated carbocycles. The molecule has 134 valence electrons. The van der Waals surface area contributed by atoms with Gasteiger partial charge in [0.25, 0.3) is 5.91 Å². The van der Waals surface area contributed by atoms with Gasteiger partial charge in [-0.2, -0.15) is 13.2 Å². The van der Waals surface area contributed by atoms with Gasteiger partial charge in [-0.1, -0.05) is 0 Å². The number of ether oxygens (including phenoxy) is 1. The lowest BCUT2D eigenvalue weighted by atomic mass is 9.96. The third kappa shape index (κ3) is 5.36. The number of methoxy groups -OCH3 is 1. The molecule has 0 radical (unpaired) electrons. The molecule has 0 bridgehead atoms. The van der Waals surface area contributed by atoms with Crippen molar-refractivity contribution in [2.45, 2.75) is 19.0 Å². The Morgan fingerprint density at radius 3 is 2.54 bits per heavy atom. The molecular formula is C16H20F4N2O2. The highest BCUT2D eigenvalue weighted by atomic mass is 19.4. The highest BCUT2D eigenvalue weighted by molar-refractivity contribution is 5.94. The van der Waals surface area contributed by atoms with Crippen LogP contribution in [0.4, 0.5) is 17.6 Å². The number of piperidine rings is 1. The van der Waals surface area contributed by atoms with E-state index in [2.05, 4.69) is 5.32 Å². The number of rotatable bonds is 5. The first-order chi connectivity index (χ1) is 11.3. The summed E-state index contributed by atoms with van der Waals surface area (Å²) < 4.78 is 55.4. The van der Waals surface area contributed by atoms with Crippen LogP contribution in [0.1, 0.15) is 23.2 Å². The second-order valence-electron chi connectivity index (χ2n) is 5.89. The van der Waals surface area contributed by atoms with Gasteiger partial charge in [0.05, 0.1) is 13.7 Å². The Kier molecular flexibility index (Phi) is 6.04. The van der Waals surface area contributed by atoms with Crippen LogP contribution in [0.3, 0.4) is 0 Å². The van der Waals surface area contributed by atoms with Crippen molar-refractivity contribution in [3.05, 3.63) is 29.6 Å². The minimum Gasteiger partial charge on any atom is -0.494 e. The number of carbonyl (C=O) groups is 1. The lowest BCUT2D eigenvalue weighted by Gasteiger charge is -2.32. The summed E-state index contributed by atoms with van der Waals surface area (Å²) in [5.41, 5.74) is 0.183. The van der Waals surface area contributed by atoms with Crippen molar-refractivity contribution in [3.8, 4) is 5.75 Å². The smallest absolute Gasteiger partial charge is 0.401 e. The molecule has 8 heteroatoms. The number of likely N-dealkylation sites (tertiary alicyclic amines) is 1. The first-order valence-corrected chi connectivity index (χ1v) is 7.69. The van der Waals surface area contributed by atoms with Gasteiger partial charge in [-0.15, -0.1) is 0 Å². The van der Waals surface area contributed by atoms with E-state index >= 15 is 0 Å². The maximum atomic E-state index is 13.6. The molecule has 1 aromatic rings. The van der Waals surface area contributed by atoms with Crippen LogP contribution in [0.15, 0.2) is 18.2 Å². The Balaban J connectivity index is 1.78. The molecule has 1 aromatic carbocycles. The molecule has 1 aliphatic rings. The van der Waals surface area contributed by atoms with Crippen LogP contribution in [0.2, 0.25) is 0 Å². The third-order valence-corrected chi connectivity index (χ3v) is 4.08. The number of alkyl halides is 3. The van der Waals surface area contributed by atoms with Crippen LogP contribution < -0.4 is 10.1 Å². The van der Waals surface area contributed by atoms with Gasteiger partial charge in [-0.05, 0) is 50.0 Å². The van der Waals surface area contributed by atoms with Gasteiger partial charge < -0.3 is 10.1 Å². The number of hydrogen-bond acceptors (Lipinski definition) is 3. The monoisotopic (exact) mass is 348 g/mol. The fraction of sp³-hybridized carbons (Fsp3) is 0.562. The highest BCUT2D eigenvalue weighted by Gasteiger charge is 2.32. The van der Waals surface area contributed by atoms with Crippen LogP contribution in [0, 0.1) is 11.7 Å². The number of nitrogens with one attached hydrogen (secondary N) is 1. The van der Waals surface area contributed by atoms with Crippen LogP contribution >= 0.6 is 0 Å². The normalized spacial score (nSPS) is 16.9. The Morgan fingerprint density at radius 1 is 1.33 bits per heavy atom. The number of amides is 1. The fourth-order valence-corrected chi connectivity index (χ4v) is 2.75. The Labute approximate surface area is 137 Å². The molecule has 1 fully saturated rings. The van der Waals surface area contributed by atoms with Crippen molar-refractivity contribution in [1.29, 1.82) is 0 Å². The van der Waals surface area contributed by atoms with Gasteiger partial charge in [0, 0.05) is 12.1 Å². The Morgan fingerprint density at radius 2 is 2.00 bits per heavy atom. The van der Waals surface area contributed by atoms with Crippen molar-refractivity contribution in [3.63, 3.8) is 0 Å². The second-order valence-corrected chi connectivity index (χ2v) is 5.89. The first-order valence-electron chi connectivity index (χ1n) is 7.69. The summed E-state index contributed by atoms with van der Waals surface area (Å²) >= 11 is 0. The standard InChI is InChI=1S/C16H20F4N2O2/c1-24-14-3-2-12(8-13(14)17)15(23)21-9-11-4-6-22(7-5-11)10-16(18,19)20/h2-3,8,11H,4-7,9-10H2,1H3,(H,21,23). The molecular weight excluding hydrogens is 328 g/mol. The molecule has 0 unspecified atom stereocenters. The molecule has 0 atom stereocenters. The number of carbonyl (C=O) groups excluding carboxylic acids is 1. The van der Waals surface area contributed by atoms with Gasteiger partial charge in [-0.3, -0.25) is 9.69 Å². The molecule has 2 rings (SSSR count). The topological polar surface area (TPSA) is 41.6 Å². The summed E-state index contributed by atoms with van der Waals surface area (Å²) in [4.78, 5) is 13.4. The molecule has 4 nitrogen and oxygen atoms in total. The van der Waals surface area contributed by atoms with Crippen molar-refractivity contribution >= 4 is 5.91 Å². The van der Waals surface area contributed by atoms with Gasteiger partial charge in [0.1, 0.15) is 0 Å². The van der Waals surface area contributed by atoms with E-state index in [-0.39, 0.29) is 17.2 Å². The summed E-state index contributed by atoms with van der Waals surface area (Å²) in [7, 11) is 1.34. The number of hydrogen-bond donors (Lipinski definition) is 1. The van der Waals surface area contributed by atoms with E-state index in [9.17, 15) is 22.4 Å². The second kappa shape index (κ2) is 7.83. The highest BCUT2D eigenvalue weighted by Crippen LogP contribution is 2.22. The summed E-state index contributed by atoms with van der Waals surface area (Å²) in [6.07, 6.45) is -3.00. The van der Waals surface area contributed by atoms with E-state index < -0.39 is 24.4 Å². The van der Waals surface area contributed by atoms with E-state index in [4.69, 9.17) is 4.74 Å². The first kappa shape index (κ1) is 18.5. The maximum absolute atomic E-state index is 13.6. The largest absolute Gasteiger partial charge is 0.494 e. The zero-order valence-electron chi connectivity index (χ0n) is 13.3. The zero-order chi connectivity index (χ0) is 17.7. The minimum absolute atomic E-state index is 0.0589.